The monoisotopic (exact) mass is 1110 g/mol. The summed E-state index contributed by atoms with van der Waals surface area (Å²) in [6, 6.07) is 5.07. The normalized spacial score (nSPS) is 14.9. The van der Waals surface area contributed by atoms with E-state index in [0.717, 1.165) is 52.7 Å². The number of hydrogen-bond acceptors (Lipinski definition) is 8. The molecule has 242 valence electrons. The van der Waals surface area contributed by atoms with Crippen LogP contribution in [-0.2, 0) is 7.59 Å². The Hall–Kier alpha value is 1.46. The Balaban J connectivity index is 0.000000242. The summed E-state index contributed by atoms with van der Waals surface area (Å²) in [5.41, 5.74) is 0.558. The number of fused-ring (bicyclic) bond motifs is 1. The Morgan fingerprint density at radius 3 is 1.41 bits per heavy atom. The summed E-state index contributed by atoms with van der Waals surface area (Å²) in [5, 5.41) is 2.70. The van der Waals surface area contributed by atoms with Crippen LogP contribution in [0, 0.1) is 0 Å². The molecule has 20 heteroatoms. The maximum absolute atomic E-state index is 5.84. The average Bonchev–Trinajstić information content (AvgIpc) is 3.45. The average molecular weight is 1120 g/mol. The summed E-state index contributed by atoms with van der Waals surface area (Å²) in [5.74, 6) is 3.38. The molecule has 2 aromatic heterocycles. The van der Waals surface area contributed by atoms with Crippen molar-refractivity contribution in [3.8, 4) is 22.9 Å². The molecule has 1 aliphatic heterocycles. The Kier molecular flexibility index (Phi) is 16.7. The third-order valence-electron chi connectivity index (χ3n) is 5.39. The van der Waals surface area contributed by atoms with Crippen LogP contribution in [0.1, 0.15) is 62.9 Å². The molecule has 0 saturated carbocycles. The van der Waals surface area contributed by atoms with Gasteiger partial charge in [-0.15, -0.1) is 0 Å². The van der Waals surface area contributed by atoms with Crippen LogP contribution in [-0.4, -0.2) is 52.7 Å². The maximum Gasteiger partial charge on any atom is 0.250 e. The minimum absolute atomic E-state index is 0.129. The second-order valence-electron chi connectivity index (χ2n) is 8.62. The van der Waals surface area contributed by atoms with Crippen LogP contribution in [0.4, 0.5) is 0 Å². The highest BCUT2D eigenvalue weighted by atomic mass is 79.9. The molecular weight excluding hydrogens is 1100 g/mol. The van der Waals surface area contributed by atoms with E-state index >= 15 is 0 Å². The summed E-state index contributed by atoms with van der Waals surface area (Å²) in [7, 11) is 0. The van der Waals surface area contributed by atoms with E-state index in [9.17, 15) is 0 Å². The lowest BCUT2D eigenvalue weighted by atomic mass is 10.2. The maximum atomic E-state index is 5.84. The van der Waals surface area contributed by atoms with E-state index in [0.29, 0.717) is 17.1 Å². The summed E-state index contributed by atoms with van der Waals surface area (Å²) in [4.78, 5) is 26.4. The lowest BCUT2D eigenvalue weighted by molar-refractivity contribution is 0.174. The van der Waals surface area contributed by atoms with E-state index in [1.165, 1.54) is 0 Å². The van der Waals surface area contributed by atoms with Gasteiger partial charge >= 0.3 is 0 Å². The van der Waals surface area contributed by atoms with Crippen LogP contribution in [0.5, 0.6) is 11.5 Å². The molecule has 3 heterocycles. The van der Waals surface area contributed by atoms with Gasteiger partial charge < -0.3 is 9.47 Å². The standard InChI is InChI=1S/C12H15Br6N3.C12H5Cl6N3O2/c13-4-1-7(16)10-19-11(8(17)2-5-14)21-12(20-10)9(18)3-6-15;13-11(14,15)9-19-8(20-10(21-9)12(16,17)18)5-1-2-6-7(3-5)23-4-22-6/h7-9H,1-6H2;1-3H,4H2. The SMILES string of the molecule is BrCCC(Br)c1nc(C(Br)CCBr)nc(C(Br)CCBr)n1.ClC(Cl)(Cl)c1nc(-c2ccc3c(c2)OCO3)nc(C(Cl)(Cl)Cl)n1. The molecule has 0 radical (unpaired) electrons. The summed E-state index contributed by atoms with van der Waals surface area (Å²) < 4.78 is 6.74. The minimum atomic E-state index is -1.90. The zero-order valence-corrected chi connectivity index (χ0v) is 36.0. The van der Waals surface area contributed by atoms with Crippen molar-refractivity contribution in [2.24, 2.45) is 0 Å². The van der Waals surface area contributed by atoms with Crippen LogP contribution in [0.2, 0.25) is 0 Å². The number of rotatable bonds is 10. The molecule has 0 bridgehead atoms. The first-order valence-electron chi connectivity index (χ1n) is 12.3. The number of halogens is 12. The fraction of sp³-hybridized carbons (Fsp3) is 0.500. The molecule has 8 nitrogen and oxygen atoms in total. The Morgan fingerprint density at radius 2 is 1.02 bits per heavy atom. The van der Waals surface area contributed by atoms with Crippen molar-refractivity contribution in [3.05, 3.63) is 47.3 Å². The zero-order valence-electron chi connectivity index (χ0n) is 21.9. The van der Waals surface area contributed by atoms with E-state index < -0.39 is 7.59 Å². The van der Waals surface area contributed by atoms with Gasteiger partial charge in [-0.1, -0.05) is 165 Å². The third kappa shape index (κ3) is 11.8. The molecule has 44 heavy (non-hydrogen) atoms. The van der Waals surface area contributed by atoms with Gasteiger partial charge in [0.15, 0.2) is 29.0 Å². The van der Waals surface area contributed by atoms with Gasteiger partial charge in [-0.25, -0.2) is 29.9 Å². The summed E-state index contributed by atoms with van der Waals surface area (Å²) >= 11 is 56.4. The molecule has 0 aliphatic carbocycles. The number of hydrogen-bond donors (Lipinski definition) is 0. The van der Waals surface area contributed by atoms with Crippen LogP contribution in [0.15, 0.2) is 18.2 Å². The third-order valence-corrected chi connectivity index (χ3v) is 10.4. The molecule has 1 aliphatic rings. The van der Waals surface area contributed by atoms with Gasteiger partial charge in [0.1, 0.15) is 17.5 Å². The lowest BCUT2D eigenvalue weighted by Crippen LogP contribution is -2.16. The minimum Gasteiger partial charge on any atom is -0.454 e. The zero-order chi connectivity index (χ0) is 32.7. The molecule has 4 rings (SSSR count). The Bertz CT molecular complexity index is 1300. The van der Waals surface area contributed by atoms with E-state index in [-0.39, 0.29) is 38.7 Å². The van der Waals surface area contributed by atoms with Crippen LogP contribution < -0.4 is 9.47 Å². The second-order valence-corrected chi connectivity index (χ2v) is 18.9. The topological polar surface area (TPSA) is 95.8 Å². The van der Waals surface area contributed by atoms with Crippen LogP contribution in [0.25, 0.3) is 11.4 Å². The van der Waals surface area contributed by atoms with E-state index in [1.807, 2.05) is 0 Å². The van der Waals surface area contributed by atoms with Gasteiger partial charge in [0.05, 0.1) is 14.5 Å². The highest BCUT2D eigenvalue weighted by molar-refractivity contribution is 9.10. The number of ether oxygens (including phenoxy) is 2. The quantitative estimate of drug-likeness (QED) is 0.185. The molecule has 3 aromatic rings. The molecule has 3 atom stereocenters. The molecule has 0 amide bonds. The molecule has 0 N–H and O–H groups in total. The molecule has 0 fully saturated rings. The molecular formula is C24H20Br6Cl6N6O2. The first kappa shape index (κ1) is 39.9. The fourth-order valence-corrected chi connectivity index (χ4v) is 8.34. The van der Waals surface area contributed by atoms with Crippen molar-refractivity contribution in [1.29, 1.82) is 0 Å². The van der Waals surface area contributed by atoms with Gasteiger partial charge in [-0.3, -0.25) is 0 Å². The van der Waals surface area contributed by atoms with Crippen molar-refractivity contribution in [2.45, 2.75) is 41.3 Å². The largest absolute Gasteiger partial charge is 0.454 e. The highest BCUT2D eigenvalue weighted by Crippen LogP contribution is 2.42. The van der Waals surface area contributed by atoms with Gasteiger partial charge in [0.2, 0.25) is 14.4 Å². The van der Waals surface area contributed by atoms with Crippen molar-refractivity contribution in [1.82, 2.24) is 29.9 Å². The Labute approximate surface area is 334 Å². The van der Waals surface area contributed by atoms with E-state index in [1.54, 1.807) is 18.2 Å². The summed E-state index contributed by atoms with van der Waals surface area (Å²) in [6.45, 7) is 0.134. The second kappa shape index (κ2) is 18.5. The van der Waals surface area contributed by atoms with Gasteiger partial charge in [0, 0.05) is 21.6 Å². The van der Waals surface area contributed by atoms with Crippen molar-refractivity contribution in [2.75, 3.05) is 22.8 Å². The number of alkyl halides is 12. The van der Waals surface area contributed by atoms with E-state index in [4.69, 9.17) is 79.1 Å². The molecule has 1 aromatic carbocycles. The van der Waals surface area contributed by atoms with Crippen molar-refractivity contribution in [3.63, 3.8) is 0 Å². The predicted octanol–water partition coefficient (Wildman–Crippen LogP) is 11.5. The smallest absolute Gasteiger partial charge is 0.250 e. The fourth-order valence-electron chi connectivity index (χ4n) is 3.32. The first-order valence-corrected chi connectivity index (χ1v) is 20.7. The highest BCUT2D eigenvalue weighted by Gasteiger charge is 2.34. The van der Waals surface area contributed by atoms with Crippen molar-refractivity contribution < 1.29 is 9.47 Å². The van der Waals surface area contributed by atoms with Crippen molar-refractivity contribution >= 4 is 165 Å². The molecule has 3 unspecified atom stereocenters. The Morgan fingerprint density at radius 1 is 0.614 bits per heavy atom. The van der Waals surface area contributed by atoms with Crippen LogP contribution >= 0.6 is 165 Å². The first-order chi connectivity index (χ1) is 20.7. The lowest BCUT2D eigenvalue weighted by Gasteiger charge is -2.15. The molecule has 0 saturated heterocycles. The van der Waals surface area contributed by atoms with Crippen LogP contribution in [0.3, 0.4) is 0 Å². The number of aromatic nitrogens is 6. The van der Waals surface area contributed by atoms with Gasteiger partial charge in [0.25, 0.3) is 0 Å². The van der Waals surface area contributed by atoms with Gasteiger partial charge in [-0.2, -0.15) is 0 Å². The summed E-state index contributed by atoms with van der Waals surface area (Å²) in [6.07, 6.45) is 2.79. The molecule has 0 spiro atoms. The van der Waals surface area contributed by atoms with Gasteiger partial charge in [-0.05, 0) is 37.5 Å². The number of benzene rings is 1. The number of nitrogens with zero attached hydrogens (tertiary/aromatic N) is 6. The predicted molar refractivity (Wildman–Crippen MR) is 200 cm³/mol. The van der Waals surface area contributed by atoms with E-state index in [2.05, 4.69) is 125 Å².